The number of rotatable bonds is 9. The summed E-state index contributed by atoms with van der Waals surface area (Å²) in [6.07, 6.45) is 1.46. The van der Waals surface area contributed by atoms with Crippen molar-refractivity contribution in [1.29, 1.82) is 0 Å². The minimum absolute atomic E-state index is 0.164. The molecule has 3 aromatic carbocycles. The molecule has 4 nitrogen and oxygen atoms in total. The molecule has 0 aliphatic heterocycles. The van der Waals surface area contributed by atoms with Crippen LogP contribution in [-0.4, -0.2) is 17.9 Å². The molecule has 0 bridgehead atoms. The van der Waals surface area contributed by atoms with Crippen molar-refractivity contribution in [2.45, 2.75) is 45.7 Å². The maximum Gasteiger partial charge on any atom is 0.251 e. The van der Waals surface area contributed by atoms with E-state index in [0.717, 1.165) is 17.5 Å². The Morgan fingerprint density at radius 3 is 1.84 bits per heavy atom. The van der Waals surface area contributed by atoms with Crippen LogP contribution >= 0.6 is 0 Å². The SMILES string of the molecule is CC(C)Cc1ccc([C@@H](C)NC(=O)[C@H](Cc2ccccc2)NC(=O)c2ccccc2)cc1. The molecule has 0 radical (unpaired) electrons. The number of hydrogen-bond acceptors (Lipinski definition) is 2. The van der Waals surface area contributed by atoms with E-state index in [-0.39, 0.29) is 17.9 Å². The Morgan fingerprint density at radius 2 is 1.25 bits per heavy atom. The summed E-state index contributed by atoms with van der Waals surface area (Å²) >= 11 is 0. The molecule has 32 heavy (non-hydrogen) atoms. The van der Waals surface area contributed by atoms with Crippen molar-refractivity contribution in [2.75, 3.05) is 0 Å². The molecule has 4 heteroatoms. The third-order valence-corrected chi connectivity index (χ3v) is 5.42. The van der Waals surface area contributed by atoms with E-state index in [1.165, 1.54) is 5.56 Å². The Balaban J connectivity index is 1.71. The van der Waals surface area contributed by atoms with Crippen molar-refractivity contribution in [3.8, 4) is 0 Å². The topological polar surface area (TPSA) is 58.2 Å². The molecule has 3 aromatic rings. The number of amides is 2. The number of carbonyl (C=O) groups is 2. The zero-order valence-corrected chi connectivity index (χ0v) is 19.0. The van der Waals surface area contributed by atoms with Gasteiger partial charge in [0.05, 0.1) is 6.04 Å². The number of carbonyl (C=O) groups excluding carboxylic acids is 2. The van der Waals surface area contributed by atoms with Gasteiger partial charge < -0.3 is 10.6 Å². The summed E-state index contributed by atoms with van der Waals surface area (Å²) in [6, 6.07) is 26.2. The van der Waals surface area contributed by atoms with Crippen molar-refractivity contribution < 1.29 is 9.59 Å². The normalized spacial score (nSPS) is 12.8. The van der Waals surface area contributed by atoms with E-state index >= 15 is 0 Å². The summed E-state index contributed by atoms with van der Waals surface area (Å²) in [4.78, 5) is 25.9. The molecule has 2 atom stereocenters. The van der Waals surface area contributed by atoms with E-state index < -0.39 is 6.04 Å². The Morgan fingerprint density at radius 1 is 0.688 bits per heavy atom. The van der Waals surface area contributed by atoms with E-state index in [4.69, 9.17) is 0 Å². The van der Waals surface area contributed by atoms with Gasteiger partial charge in [0.1, 0.15) is 6.04 Å². The highest BCUT2D eigenvalue weighted by atomic mass is 16.2. The molecule has 2 amide bonds. The molecule has 0 saturated carbocycles. The van der Waals surface area contributed by atoms with Crippen LogP contribution in [0.3, 0.4) is 0 Å². The van der Waals surface area contributed by atoms with Crippen LogP contribution in [-0.2, 0) is 17.6 Å². The van der Waals surface area contributed by atoms with Gasteiger partial charge in [-0.15, -0.1) is 0 Å². The van der Waals surface area contributed by atoms with Crippen molar-refractivity contribution in [2.24, 2.45) is 5.92 Å². The lowest BCUT2D eigenvalue weighted by Gasteiger charge is -2.22. The summed E-state index contributed by atoms with van der Waals surface area (Å²) < 4.78 is 0. The fraction of sp³-hybridized carbons (Fsp3) is 0.286. The van der Waals surface area contributed by atoms with E-state index in [9.17, 15) is 9.59 Å². The molecule has 3 rings (SSSR count). The minimum atomic E-state index is -0.673. The first-order chi connectivity index (χ1) is 15.4. The van der Waals surface area contributed by atoms with Crippen molar-refractivity contribution in [3.63, 3.8) is 0 Å². The standard InChI is InChI=1S/C28H32N2O2/c1-20(2)18-23-14-16-24(17-15-23)21(3)29-28(32)26(19-22-10-6-4-7-11-22)30-27(31)25-12-8-5-9-13-25/h4-17,20-21,26H,18-19H2,1-3H3,(H,29,32)(H,30,31)/t21-,26+/m1/s1. The molecular formula is C28H32N2O2. The Kier molecular flexibility index (Phi) is 8.20. The lowest BCUT2D eigenvalue weighted by molar-refractivity contribution is -0.123. The van der Waals surface area contributed by atoms with E-state index in [1.807, 2.05) is 55.5 Å². The first kappa shape index (κ1) is 23.3. The Bertz CT molecular complexity index is 999. The van der Waals surface area contributed by atoms with Crippen LogP contribution in [0.4, 0.5) is 0 Å². The smallest absolute Gasteiger partial charge is 0.251 e. The van der Waals surface area contributed by atoms with E-state index in [0.29, 0.717) is 17.9 Å². The van der Waals surface area contributed by atoms with Crippen molar-refractivity contribution >= 4 is 11.8 Å². The van der Waals surface area contributed by atoms with Gasteiger partial charge >= 0.3 is 0 Å². The van der Waals surface area contributed by atoms with Gasteiger partial charge in [-0.2, -0.15) is 0 Å². The van der Waals surface area contributed by atoms with Crippen LogP contribution in [0.2, 0.25) is 0 Å². The third kappa shape index (κ3) is 6.81. The average Bonchev–Trinajstić information content (AvgIpc) is 2.80. The minimum Gasteiger partial charge on any atom is -0.348 e. The Labute approximate surface area is 191 Å². The molecule has 0 aliphatic rings. The second-order valence-corrected chi connectivity index (χ2v) is 8.65. The zero-order chi connectivity index (χ0) is 22.9. The average molecular weight is 429 g/mol. The lowest BCUT2D eigenvalue weighted by Crippen LogP contribution is -2.48. The first-order valence-corrected chi connectivity index (χ1v) is 11.2. The fourth-order valence-corrected chi connectivity index (χ4v) is 3.70. The zero-order valence-electron chi connectivity index (χ0n) is 19.0. The van der Waals surface area contributed by atoms with Gasteiger partial charge in [0, 0.05) is 12.0 Å². The summed E-state index contributed by atoms with van der Waals surface area (Å²) in [6.45, 7) is 6.37. The quantitative estimate of drug-likeness (QED) is 0.498. The van der Waals surface area contributed by atoms with Crippen LogP contribution in [0.1, 0.15) is 53.9 Å². The van der Waals surface area contributed by atoms with Gasteiger partial charge in [0.2, 0.25) is 5.91 Å². The summed E-state index contributed by atoms with van der Waals surface area (Å²) in [5.41, 5.74) is 3.86. The molecule has 0 unspecified atom stereocenters. The third-order valence-electron chi connectivity index (χ3n) is 5.42. The lowest BCUT2D eigenvalue weighted by atomic mass is 9.99. The number of hydrogen-bond donors (Lipinski definition) is 2. The second kappa shape index (κ2) is 11.3. The molecule has 0 aromatic heterocycles. The summed E-state index contributed by atoms with van der Waals surface area (Å²) in [7, 11) is 0. The Hall–Kier alpha value is -3.40. The maximum atomic E-state index is 13.2. The predicted octanol–water partition coefficient (Wildman–Crippen LogP) is 5.10. The molecule has 0 aliphatic carbocycles. The van der Waals surface area contributed by atoms with Crippen LogP contribution in [0.25, 0.3) is 0 Å². The molecule has 0 heterocycles. The molecule has 166 valence electrons. The summed E-state index contributed by atoms with van der Waals surface area (Å²) in [5.74, 6) is 0.147. The number of nitrogens with one attached hydrogen (secondary N) is 2. The first-order valence-electron chi connectivity index (χ1n) is 11.2. The highest BCUT2D eigenvalue weighted by Crippen LogP contribution is 2.16. The van der Waals surface area contributed by atoms with Gasteiger partial charge in [0.15, 0.2) is 0 Å². The van der Waals surface area contributed by atoms with Gasteiger partial charge in [-0.1, -0.05) is 86.6 Å². The van der Waals surface area contributed by atoms with Crippen molar-refractivity contribution in [1.82, 2.24) is 10.6 Å². The second-order valence-electron chi connectivity index (χ2n) is 8.65. The van der Waals surface area contributed by atoms with Crippen LogP contribution in [0.15, 0.2) is 84.9 Å². The summed E-state index contributed by atoms with van der Waals surface area (Å²) in [5, 5.41) is 6.00. The molecular weight excluding hydrogens is 396 g/mol. The maximum absolute atomic E-state index is 13.2. The highest BCUT2D eigenvalue weighted by Gasteiger charge is 2.23. The van der Waals surface area contributed by atoms with E-state index in [1.54, 1.807) is 12.1 Å². The molecule has 0 saturated heterocycles. The molecule has 2 N–H and O–H groups in total. The van der Waals surface area contributed by atoms with Gasteiger partial charge in [-0.25, -0.2) is 0 Å². The van der Waals surface area contributed by atoms with Crippen LogP contribution in [0.5, 0.6) is 0 Å². The largest absolute Gasteiger partial charge is 0.348 e. The van der Waals surface area contributed by atoms with Crippen LogP contribution < -0.4 is 10.6 Å². The van der Waals surface area contributed by atoms with E-state index in [2.05, 4.69) is 48.7 Å². The number of benzene rings is 3. The highest BCUT2D eigenvalue weighted by molar-refractivity contribution is 5.97. The monoisotopic (exact) mass is 428 g/mol. The van der Waals surface area contributed by atoms with Gasteiger partial charge in [0.25, 0.3) is 5.91 Å². The fourth-order valence-electron chi connectivity index (χ4n) is 3.70. The van der Waals surface area contributed by atoms with Crippen LogP contribution in [0, 0.1) is 5.92 Å². The molecule has 0 fully saturated rings. The van der Waals surface area contributed by atoms with Crippen molar-refractivity contribution in [3.05, 3.63) is 107 Å². The van der Waals surface area contributed by atoms with Gasteiger partial charge in [-0.3, -0.25) is 9.59 Å². The van der Waals surface area contributed by atoms with Gasteiger partial charge in [-0.05, 0) is 48.1 Å². The molecule has 0 spiro atoms. The predicted molar refractivity (Wildman–Crippen MR) is 129 cm³/mol.